The SMILES string of the molecule is Cc1ccccc1C1=NO[C@@H](C(=O)N(C)CC(=O)N2CCCC2)C1. The summed E-state index contributed by atoms with van der Waals surface area (Å²) in [5.41, 5.74) is 2.89. The van der Waals surface area contributed by atoms with Crippen LogP contribution in [0.4, 0.5) is 0 Å². The smallest absolute Gasteiger partial charge is 0.267 e. The van der Waals surface area contributed by atoms with Gasteiger partial charge in [-0.1, -0.05) is 29.4 Å². The fraction of sp³-hybridized carbons (Fsp3) is 0.500. The molecule has 1 aromatic rings. The van der Waals surface area contributed by atoms with Gasteiger partial charge in [0.1, 0.15) is 0 Å². The van der Waals surface area contributed by atoms with Crippen molar-refractivity contribution in [1.82, 2.24) is 9.80 Å². The van der Waals surface area contributed by atoms with Crippen molar-refractivity contribution in [1.29, 1.82) is 0 Å². The van der Waals surface area contributed by atoms with Crippen molar-refractivity contribution in [3.05, 3.63) is 35.4 Å². The van der Waals surface area contributed by atoms with E-state index in [1.807, 2.05) is 36.1 Å². The average molecular weight is 329 g/mol. The van der Waals surface area contributed by atoms with Gasteiger partial charge in [0, 0.05) is 32.1 Å². The number of benzene rings is 1. The summed E-state index contributed by atoms with van der Waals surface area (Å²) in [6, 6.07) is 7.90. The van der Waals surface area contributed by atoms with Crippen LogP contribution in [-0.4, -0.2) is 60.1 Å². The summed E-state index contributed by atoms with van der Waals surface area (Å²) in [5, 5.41) is 4.08. The fourth-order valence-corrected chi connectivity index (χ4v) is 3.16. The lowest BCUT2D eigenvalue weighted by atomic mass is 10.00. The number of amides is 2. The van der Waals surface area contributed by atoms with Crippen molar-refractivity contribution in [3.63, 3.8) is 0 Å². The number of nitrogens with zero attached hydrogens (tertiary/aromatic N) is 3. The maximum Gasteiger partial charge on any atom is 0.267 e. The van der Waals surface area contributed by atoms with E-state index in [2.05, 4.69) is 5.16 Å². The zero-order valence-corrected chi connectivity index (χ0v) is 14.2. The number of oxime groups is 1. The maximum absolute atomic E-state index is 12.5. The van der Waals surface area contributed by atoms with Crippen molar-refractivity contribution in [2.24, 2.45) is 5.16 Å². The Hall–Kier alpha value is -2.37. The van der Waals surface area contributed by atoms with E-state index in [9.17, 15) is 9.59 Å². The van der Waals surface area contributed by atoms with Gasteiger partial charge in [-0.2, -0.15) is 0 Å². The van der Waals surface area contributed by atoms with Crippen LogP contribution in [0.3, 0.4) is 0 Å². The molecule has 0 bridgehead atoms. The minimum atomic E-state index is -0.643. The van der Waals surface area contributed by atoms with Crippen molar-refractivity contribution in [3.8, 4) is 0 Å². The first-order valence-corrected chi connectivity index (χ1v) is 8.37. The Kier molecular flexibility index (Phi) is 4.83. The second-order valence-corrected chi connectivity index (χ2v) is 6.43. The van der Waals surface area contributed by atoms with Crippen LogP contribution in [0.25, 0.3) is 0 Å². The number of hydrogen-bond donors (Lipinski definition) is 0. The molecule has 6 nitrogen and oxygen atoms in total. The molecule has 1 aromatic carbocycles. The molecule has 1 atom stereocenters. The van der Waals surface area contributed by atoms with E-state index in [4.69, 9.17) is 4.84 Å². The molecule has 3 rings (SSSR count). The molecule has 2 heterocycles. The lowest BCUT2D eigenvalue weighted by molar-refractivity contribution is -0.145. The van der Waals surface area contributed by atoms with Gasteiger partial charge in [0.15, 0.2) is 0 Å². The van der Waals surface area contributed by atoms with E-state index in [0.717, 1.165) is 42.8 Å². The molecule has 2 aliphatic heterocycles. The molecule has 2 aliphatic rings. The Morgan fingerprint density at radius 1 is 1.29 bits per heavy atom. The number of likely N-dealkylation sites (N-methyl/N-ethyl adjacent to an activating group) is 1. The third-order valence-corrected chi connectivity index (χ3v) is 4.61. The van der Waals surface area contributed by atoms with Gasteiger partial charge in [0.2, 0.25) is 12.0 Å². The molecule has 6 heteroatoms. The van der Waals surface area contributed by atoms with Crippen LogP contribution >= 0.6 is 0 Å². The summed E-state index contributed by atoms with van der Waals surface area (Å²) in [6.45, 7) is 3.69. The van der Waals surface area contributed by atoms with Crippen LogP contribution in [0.5, 0.6) is 0 Å². The van der Waals surface area contributed by atoms with E-state index in [-0.39, 0.29) is 18.4 Å². The largest absolute Gasteiger partial charge is 0.382 e. The molecule has 2 amide bonds. The second kappa shape index (κ2) is 7.03. The Labute approximate surface area is 142 Å². The Morgan fingerprint density at radius 3 is 2.71 bits per heavy atom. The van der Waals surface area contributed by atoms with E-state index < -0.39 is 6.10 Å². The number of carbonyl (C=O) groups excluding carboxylic acids is 2. The van der Waals surface area contributed by atoms with E-state index in [1.165, 1.54) is 4.90 Å². The van der Waals surface area contributed by atoms with Gasteiger partial charge >= 0.3 is 0 Å². The zero-order valence-electron chi connectivity index (χ0n) is 14.2. The summed E-state index contributed by atoms with van der Waals surface area (Å²) in [4.78, 5) is 33.3. The lowest BCUT2D eigenvalue weighted by Crippen LogP contribution is -2.43. The maximum atomic E-state index is 12.5. The fourth-order valence-electron chi connectivity index (χ4n) is 3.16. The minimum absolute atomic E-state index is 0.00129. The quantitative estimate of drug-likeness (QED) is 0.842. The van der Waals surface area contributed by atoms with Gasteiger partial charge in [0.05, 0.1) is 12.3 Å². The summed E-state index contributed by atoms with van der Waals surface area (Å²) < 4.78 is 0. The highest BCUT2D eigenvalue weighted by molar-refractivity contribution is 6.05. The number of rotatable bonds is 4. The van der Waals surface area contributed by atoms with Crippen LogP contribution in [0.2, 0.25) is 0 Å². The second-order valence-electron chi connectivity index (χ2n) is 6.43. The summed E-state index contributed by atoms with van der Waals surface area (Å²) >= 11 is 0. The molecule has 0 aromatic heterocycles. The zero-order chi connectivity index (χ0) is 17.1. The molecule has 1 fully saturated rings. The van der Waals surface area contributed by atoms with Crippen LogP contribution in [0.15, 0.2) is 29.4 Å². The molecule has 24 heavy (non-hydrogen) atoms. The predicted octanol–water partition coefficient (Wildman–Crippen LogP) is 1.57. The Balaban J connectivity index is 1.57. The van der Waals surface area contributed by atoms with E-state index >= 15 is 0 Å². The van der Waals surface area contributed by atoms with E-state index in [1.54, 1.807) is 7.05 Å². The van der Waals surface area contributed by atoms with Crippen molar-refractivity contribution in [2.45, 2.75) is 32.3 Å². The van der Waals surface area contributed by atoms with Crippen LogP contribution < -0.4 is 0 Å². The Bertz CT molecular complexity index is 665. The van der Waals surface area contributed by atoms with Crippen molar-refractivity contribution < 1.29 is 14.4 Å². The van der Waals surface area contributed by atoms with Gasteiger partial charge in [-0.15, -0.1) is 0 Å². The van der Waals surface area contributed by atoms with Crippen LogP contribution in [0, 0.1) is 6.92 Å². The highest BCUT2D eigenvalue weighted by Gasteiger charge is 2.32. The van der Waals surface area contributed by atoms with E-state index in [0.29, 0.717) is 6.42 Å². The predicted molar refractivity (Wildman–Crippen MR) is 90.7 cm³/mol. The third-order valence-electron chi connectivity index (χ3n) is 4.61. The minimum Gasteiger partial charge on any atom is -0.382 e. The van der Waals surface area contributed by atoms with Crippen LogP contribution in [0.1, 0.15) is 30.4 Å². The molecular formula is C18H23N3O3. The first-order valence-electron chi connectivity index (χ1n) is 8.37. The number of hydrogen-bond acceptors (Lipinski definition) is 4. The number of carbonyl (C=O) groups is 2. The number of aryl methyl sites for hydroxylation is 1. The molecule has 0 saturated carbocycles. The van der Waals surface area contributed by atoms with Gasteiger partial charge in [-0.25, -0.2) is 0 Å². The summed E-state index contributed by atoms with van der Waals surface area (Å²) in [5.74, 6) is -0.198. The molecule has 0 N–H and O–H groups in total. The molecule has 0 unspecified atom stereocenters. The average Bonchev–Trinajstić information content (AvgIpc) is 3.26. The number of likely N-dealkylation sites (tertiary alicyclic amines) is 1. The molecular weight excluding hydrogens is 306 g/mol. The highest BCUT2D eigenvalue weighted by atomic mass is 16.6. The Morgan fingerprint density at radius 2 is 2.00 bits per heavy atom. The molecule has 128 valence electrons. The molecule has 1 saturated heterocycles. The topological polar surface area (TPSA) is 62.2 Å². The monoisotopic (exact) mass is 329 g/mol. The third kappa shape index (κ3) is 3.42. The molecule has 0 aliphatic carbocycles. The standard InChI is InChI=1S/C18H23N3O3/c1-13-7-3-4-8-14(13)15-11-16(24-19-15)18(23)20(2)12-17(22)21-9-5-6-10-21/h3-4,7-8,16H,5-6,9-12H2,1-2H3/t16-/m1/s1. The van der Waals surface area contributed by atoms with Crippen molar-refractivity contribution >= 4 is 17.5 Å². The molecule has 0 radical (unpaired) electrons. The molecule has 0 spiro atoms. The van der Waals surface area contributed by atoms with Gasteiger partial charge in [0.25, 0.3) is 5.91 Å². The summed E-state index contributed by atoms with van der Waals surface area (Å²) in [7, 11) is 1.64. The normalized spacial score (nSPS) is 19.8. The van der Waals surface area contributed by atoms with Crippen LogP contribution in [-0.2, 0) is 14.4 Å². The summed E-state index contributed by atoms with van der Waals surface area (Å²) in [6.07, 6.45) is 1.88. The van der Waals surface area contributed by atoms with Gasteiger partial charge in [-0.05, 0) is 25.3 Å². The first kappa shape index (κ1) is 16.5. The van der Waals surface area contributed by atoms with Gasteiger partial charge < -0.3 is 14.6 Å². The lowest BCUT2D eigenvalue weighted by Gasteiger charge is -2.22. The van der Waals surface area contributed by atoms with Crippen molar-refractivity contribution in [2.75, 3.05) is 26.7 Å². The van der Waals surface area contributed by atoms with Gasteiger partial charge in [-0.3, -0.25) is 9.59 Å². The highest BCUT2D eigenvalue weighted by Crippen LogP contribution is 2.20. The first-order chi connectivity index (χ1) is 11.6.